The highest BCUT2D eigenvalue weighted by atomic mass is 16.5. The number of carbonyl (C=O) groups is 2. The van der Waals surface area contributed by atoms with Gasteiger partial charge in [0.1, 0.15) is 11.5 Å². The average molecular weight is 490 g/mol. The van der Waals surface area contributed by atoms with Crippen molar-refractivity contribution in [2.24, 2.45) is 0 Å². The van der Waals surface area contributed by atoms with Crippen LogP contribution >= 0.6 is 0 Å². The summed E-state index contributed by atoms with van der Waals surface area (Å²) < 4.78 is 11.1. The van der Waals surface area contributed by atoms with E-state index in [9.17, 15) is 9.59 Å². The normalized spacial score (nSPS) is 10.6. The minimum absolute atomic E-state index is 0.0656. The number of rotatable bonds is 13. The highest BCUT2D eigenvalue weighted by Gasteiger charge is 2.12. The molecule has 0 spiro atoms. The molecule has 0 bridgehead atoms. The maximum atomic E-state index is 12.7. The molecular weight excluding hydrogens is 454 g/mol. The van der Waals surface area contributed by atoms with Crippen molar-refractivity contribution >= 4 is 11.9 Å². The lowest BCUT2D eigenvalue weighted by Gasteiger charge is -2.18. The summed E-state index contributed by atoms with van der Waals surface area (Å²) in [4.78, 5) is 25.5. The van der Waals surface area contributed by atoms with E-state index in [0.717, 1.165) is 45.7 Å². The van der Waals surface area contributed by atoms with E-state index >= 15 is 0 Å². The topological polar surface area (TPSA) is 76.1 Å². The number of carboxylic acids is 1. The number of amides is 1. The largest absolute Gasteiger partial charge is 0.497 e. The van der Waals surface area contributed by atoms with Gasteiger partial charge in [-0.15, -0.1) is 0 Å². The van der Waals surface area contributed by atoms with Crippen molar-refractivity contribution in [1.29, 1.82) is 0 Å². The van der Waals surface area contributed by atoms with Gasteiger partial charge in [0.25, 0.3) is 0 Å². The van der Waals surface area contributed by atoms with Gasteiger partial charge in [0.15, 0.2) is 0 Å². The number of aryl methyl sites for hydroxylation is 2. The number of hydrogen-bond donors (Lipinski definition) is 1. The lowest BCUT2D eigenvalue weighted by Crippen LogP contribution is -2.26. The summed E-state index contributed by atoms with van der Waals surface area (Å²) >= 11 is 0. The Bertz CT molecular complexity index is 1160. The van der Waals surface area contributed by atoms with Crippen LogP contribution in [0.4, 0.5) is 0 Å². The first kappa shape index (κ1) is 26.8. The minimum Gasteiger partial charge on any atom is -0.497 e. The Morgan fingerprint density at radius 2 is 1.64 bits per heavy atom. The molecule has 0 heterocycles. The van der Waals surface area contributed by atoms with E-state index in [4.69, 9.17) is 14.6 Å². The van der Waals surface area contributed by atoms with E-state index in [-0.39, 0.29) is 12.3 Å². The molecule has 0 aromatic heterocycles. The zero-order valence-electron chi connectivity index (χ0n) is 21.3. The number of benzene rings is 3. The maximum absolute atomic E-state index is 12.7. The van der Waals surface area contributed by atoms with Gasteiger partial charge < -0.3 is 19.5 Å². The third-order valence-electron chi connectivity index (χ3n) is 6.03. The summed E-state index contributed by atoms with van der Waals surface area (Å²) in [5, 5.41) is 9.05. The summed E-state index contributed by atoms with van der Waals surface area (Å²) in [7, 11) is 3.47. The Hall–Kier alpha value is -3.80. The second kappa shape index (κ2) is 13.3. The first-order valence-electron chi connectivity index (χ1n) is 12.3. The van der Waals surface area contributed by atoms with Crippen molar-refractivity contribution < 1.29 is 24.2 Å². The number of hydrogen-bond acceptors (Lipinski definition) is 4. The lowest BCUT2D eigenvalue weighted by atomic mass is 9.99. The fourth-order valence-corrected chi connectivity index (χ4v) is 3.97. The number of aliphatic carboxylic acids is 1. The zero-order valence-corrected chi connectivity index (χ0v) is 21.3. The summed E-state index contributed by atoms with van der Waals surface area (Å²) in [5.74, 6) is 0.804. The molecule has 3 aromatic carbocycles. The van der Waals surface area contributed by atoms with Crippen LogP contribution in [0.1, 0.15) is 42.9 Å². The summed E-state index contributed by atoms with van der Waals surface area (Å²) in [6.07, 6.45) is 2.49. The molecule has 0 saturated carbocycles. The molecule has 0 saturated heterocycles. The number of ether oxygens (including phenoxy) is 2. The van der Waals surface area contributed by atoms with Crippen LogP contribution in [0.25, 0.3) is 11.1 Å². The second-order valence-corrected chi connectivity index (χ2v) is 8.86. The van der Waals surface area contributed by atoms with Crippen molar-refractivity contribution in [3.8, 4) is 22.6 Å². The fraction of sp³-hybridized carbons (Fsp3) is 0.333. The molecule has 0 aliphatic heterocycles. The first-order chi connectivity index (χ1) is 17.4. The first-order valence-corrected chi connectivity index (χ1v) is 12.3. The monoisotopic (exact) mass is 489 g/mol. The molecule has 6 nitrogen and oxygen atoms in total. The predicted octanol–water partition coefficient (Wildman–Crippen LogP) is 5.76. The van der Waals surface area contributed by atoms with E-state index < -0.39 is 5.97 Å². The molecule has 0 aliphatic rings. The molecule has 0 unspecified atom stereocenters. The molecule has 0 aliphatic carbocycles. The second-order valence-electron chi connectivity index (χ2n) is 8.86. The Morgan fingerprint density at radius 3 is 2.33 bits per heavy atom. The van der Waals surface area contributed by atoms with Crippen LogP contribution in [0.5, 0.6) is 11.5 Å². The summed E-state index contributed by atoms with van der Waals surface area (Å²) in [5.41, 5.74) is 5.06. The van der Waals surface area contributed by atoms with Crippen molar-refractivity contribution in [3.05, 3.63) is 83.4 Å². The maximum Gasteiger partial charge on any atom is 0.303 e. The molecule has 36 heavy (non-hydrogen) atoms. The molecule has 6 heteroatoms. The fourth-order valence-electron chi connectivity index (χ4n) is 3.97. The van der Waals surface area contributed by atoms with Crippen LogP contribution in [-0.2, 0) is 29.0 Å². The molecule has 190 valence electrons. The van der Waals surface area contributed by atoms with Gasteiger partial charge in [0, 0.05) is 26.4 Å². The van der Waals surface area contributed by atoms with Gasteiger partial charge in [-0.2, -0.15) is 0 Å². The molecular formula is C30H35NO5. The third kappa shape index (κ3) is 7.87. The molecule has 0 atom stereocenters. The number of carbonyl (C=O) groups excluding carboxylic acids is 1. The van der Waals surface area contributed by atoms with E-state index in [1.807, 2.05) is 74.6 Å². The molecule has 1 N–H and O–H groups in total. The van der Waals surface area contributed by atoms with Crippen LogP contribution in [0.3, 0.4) is 0 Å². The van der Waals surface area contributed by atoms with Crippen molar-refractivity contribution in [1.82, 2.24) is 4.90 Å². The van der Waals surface area contributed by atoms with Crippen LogP contribution in [-0.4, -0.2) is 42.6 Å². The smallest absolute Gasteiger partial charge is 0.303 e. The van der Waals surface area contributed by atoms with Crippen molar-refractivity contribution in [2.75, 3.05) is 20.8 Å². The molecule has 0 radical (unpaired) electrons. The number of carboxylic acid groups (broad SMARTS) is 1. The molecule has 1 amide bonds. The van der Waals surface area contributed by atoms with E-state index in [2.05, 4.69) is 6.07 Å². The standard InChI is InChI=1S/C30H35NO5/c1-4-18-36-28-20-26(12-11-24(28)13-17-30(33)34)25-7-5-6-23(19-25)21-31(2)29(32)16-10-22-8-14-27(35-3)15-9-22/h5-9,11-12,14-15,19-20H,4,10,13,16-18,21H2,1-3H3,(H,33,34). The highest BCUT2D eigenvalue weighted by Crippen LogP contribution is 2.29. The highest BCUT2D eigenvalue weighted by molar-refractivity contribution is 5.76. The lowest BCUT2D eigenvalue weighted by molar-refractivity contribution is -0.137. The quantitative estimate of drug-likeness (QED) is 0.330. The van der Waals surface area contributed by atoms with Crippen LogP contribution in [0.2, 0.25) is 0 Å². The number of methoxy groups -OCH3 is 1. The van der Waals surface area contributed by atoms with Gasteiger partial charge in [-0.25, -0.2) is 0 Å². The van der Waals surface area contributed by atoms with Crippen molar-refractivity contribution in [3.63, 3.8) is 0 Å². The number of nitrogens with zero attached hydrogens (tertiary/aromatic N) is 1. The Morgan fingerprint density at radius 1 is 0.889 bits per heavy atom. The minimum atomic E-state index is -0.823. The SMILES string of the molecule is CCCOc1cc(-c2cccc(CN(C)C(=O)CCc3ccc(OC)cc3)c2)ccc1CCC(=O)O. The van der Waals surface area contributed by atoms with E-state index in [1.165, 1.54) is 0 Å². The predicted molar refractivity (Wildman–Crippen MR) is 141 cm³/mol. The van der Waals surface area contributed by atoms with E-state index in [0.29, 0.717) is 32.4 Å². The van der Waals surface area contributed by atoms with Crippen LogP contribution in [0, 0.1) is 0 Å². The van der Waals surface area contributed by atoms with Crippen LogP contribution in [0.15, 0.2) is 66.7 Å². The van der Waals surface area contributed by atoms with Crippen LogP contribution < -0.4 is 9.47 Å². The molecule has 3 rings (SSSR count). The van der Waals surface area contributed by atoms with Gasteiger partial charge >= 0.3 is 5.97 Å². The Balaban J connectivity index is 1.66. The van der Waals surface area contributed by atoms with Gasteiger partial charge in [0.05, 0.1) is 13.7 Å². The summed E-state index contributed by atoms with van der Waals surface area (Å²) in [6, 6.07) is 21.9. The van der Waals surface area contributed by atoms with Gasteiger partial charge in [-0.3, -0.25) is 9.59 Å². The van der Waals surface area contributed by atoms with Gasteiger partial charge in [0.2, 0.25) is 5.91 Å². The average Bonchev–Trinajstić information content (AvgIpc) is 2.89. The summed E-state index contributed by atoms with van der Waals surface area (Å²) in [6.45, 7) is 3.14. The third-order valence-corrected chi connectivity index (χ3v) is 6.03. The Kier molecular flexibility index (Phi) is 9.92. The van der Waals surface area contributed by atoms with Gasteiger partial charge in [-0.1, -0.05) is 49.4 Å². The van der Waals surface area contributed by atoms with Crippen molar-refractivity contribution in [2.45, 2.75) is 45.6 Å². The van der Waals surface area contributed by atoms with Gasteiger partial charge in [-0.05, 0) is 71.3 Å². The molecule has 0 fully saturated rings. The zero-order chi connectivity index (χ0) is 25.9. The molecule has 3 aromatic rings. The van der Waals surface area contributed by atoms with E-state index in [1.54, 1.807) is 12.0 Å². The Labute approximate surface area is 213 Å².